The van der Waals surface area contributed by atoms with Crippen molar-refractivity contribution in [1.29, 1.82) is 0 Å². The van der Waals surface area contributed by atoms with Crippen LogP contribution >= 0.6 is 0 Å². The van der Waals surface area contributed by atoms with E-state index in [1.807, 2.05) is 14.1 Å². The van der Waals surface area contributed by atoms with Crippen LogP contribution in [0.25, 0.3) is 0 Å². The Morgan fingerprint density at radius 1 is 1.35 bits per heavy atom. The predicted molar refractivity (Wildman–Crippen MR) is 62.6 cm³/mol. The van der Waals surface area contributed by atoms with Crippen molar-refractivity contribution in [2.24, 2.45) is 0 Å². The minimum absolute atomic E-state index is 0.0791. The first-order valence-corrected chi connectivity index (χ1v) is 5.63. The number of rotatable bonds is 4. The average molecular weight is 237 g/mol. The molecule has 0 atom stereocenters. The van der Waals surface area contributed by atoms with Crippen LogP contribution in [0.1, 0.15) is 10.4 Å². The molecule has 0 saturated carbocycles. The topological polar surface area (TPSA) is 52.0 Å². The number of hydrogen-bond acceptors (Lipinski definition) is 3. The highest BCUT2D eigenvalue weighted by molar-refractivity contribution is 5.94. The van der Waals surface area contributed by atoms with Gasteiger partial charge in [-0.25, -0.2) is 0 Å². The quantitative estimate of drug-likeness (QED) is 0.727. The predicted octanol–water partition coefficient (Wildman–Crippen LogP) is -0.710. The largest absolute Gasteiger partial charge is 0.454 e. The Morgan fingerprint density at radius 2 is 2.12 bits per heavy atom. The van der Waals surface area contributed by atoms with E-state index in [2.05, 4.69) is 5.32 Å². The lowest BCUT2D eigenvalue weighted by molar-refractivity contribution is -0.856. The summed E-state index contributed by atoms with van der Waals surface area (Å²) in [5.41, 5.74) is 0.600. The van der Waals surface area contributed by atoms with Crippen LogP contribution in [0, 0.1) is 0 Å². The van der Waals surface area contributed by atoms with E-state index in [1.165, 1.54) is 4.90 Å². The van der Waals surface area contributed by atoms with Crippen molar-refractivity contribution in [2.75, 3.05) is 34.0 Å². The van der Waals surface area contributed by atoms with E-state index in [1.54, 1.807) is 18.2 Å². The second-order valence-electron chi connectivity index (χ2n) is 4.28. The molecule has 2 N–H and O–H groups in total. The molecule has 5 heteroatoms. The van der Waals surface area contributed by atoms with E-state index in [-0.39, 0.29) is 12.7 Å². The summed E-state index contributed by atoms with van der Waals surface area (Å²) in [5, 5.41) is 2.87. The van der Waals surface area contributed by atoms with Gasteiger partial charge in [0.15, 0.2) is 11.5 Å². The van der Waals surface area contributed by atoms with Crippen molar-refractivity contribution in [2.45, 2.75) is 0 Å². The van der Waals surface area contributed by atoms with E-state index in [0.717, 1.165) is 6.54 Å². The second kappa shape index (κ2) is 5.05. The summed E-state index contributed by atoms with van der Waals surface area (Å²) in [6, 6.07) is 5.21. The number of quaternary nitrogens is 1. The molecule has 1 aliphatic rings. The lowest BCUT2D eigenvalue weighted by Crippen LogP contribution is -3.06. The molecule has 0 aliphatic carbocycles. The number of amides is 1. The minimum Gasteiger partial charge on any atom is -0.454 e. The van der Waals surface area contributed by atoms with Gasteiger partial charge in [-0.05, 0) is 18.2 Å². The van der Waals surface area contributed by atoms with Crippen LogP contribution in [0.3, 0.4) is 0 Å². The third-order valence-corrected chi connectivity index (χ3v) is 2.55. The standard InChI is InChI=1S/C12H16N2O3/c1-14(2)6-5-13-12(15)9-3-4-10-11(7-9)17-8-16-10/h3-4,7H,5-6,8H2,1-2H3,(H,13,15)/p+1. The van der Waals surface area contributed by atoms with E-state index in [9.17, 15) is 4.79 Å². The van der Waals surface area contributed by atoms with Crippen molar-refractivity contribution in [3.05, 3.63) is 23.8 Å². The van der Waals surface area contributed by atoms with Gasteiger partial charge in [0.1, 0.15) is 0 Å². The number of nitrogens with one attached hydrogen (secondary N) is 2. The molecule has 1 amide bonds. The number of benzene rings is 1. The Labute approximate surface area is 100 Å². The molecule has 0 bridgehead atoms. The zero-order valence-electron chi connectivity index (χ0n) is 10.1. The number of likely N-dealkylation sites (N-methyl/N-ethyl adjacent to an activating group) is 1. The summed E-state index contributed by atoms with van der Waals surface area (Å²) in [5.74, 6) is 1.25. The van der Waals surface area contributed by atoms with Crippen molar-refractivity contribution >= 4 is 5.91 Å². The fourth-order valence-corrected chi connectivity index (χ4v) is 1.57. The van der Waals surface area contributed by atoms with Crippen molar-refractivity contribution in [3.8, 4) is 11.5 Å². The van der Waals surface area contributed by atoms with Gasteiger partial charge in [-0.3, -0.25) is 4.79 Å². The molecular formula is C12H17N2O3+. The van der Waals surface area contributed by atoms with Crippen molar-refractivity contribution in [3.63, 3.8) is 0 Å². The van der Waals surface area contributed by atoms with Crippen molar-refractivity contribution < 1.29 is 19.2 Å². The maximum absolute atomic E-state index is 11.8. The summed E-state index contributed by atoms with van der Waals surface area (Å²) in [6.45, 7) is 1.79. The molecule has 0 spiro atoms. The molecule has 17 heavy (non-hydrogen) atoms. The van der Waals surface area contributed by atoms with E-state index < -0.39 is 0 Å². The second-order valence-corrected chi connectivity index (χ2v) is 4.28. The van der Waals surface area contributed by atoms with Crippen LogP contribution in [-0.2, 0) is 0 Å². The maximum Gasteiger partial charge on any atom is 0.251 e. The normalized spacial score (nSPS) is 12.9. The Hall–Kier alpha value is -1.75. The van der Waals surface area contributed by atoms with Crippen LogP contribution in [0.15, 0.2) is 18.2 Å². The zero-order chi connectivity index (χ0) is 12.3. The molecule has 0 unspecified atom stereocenters. The lowest BCUT2D eigenvalue weighted by atomic mass is 10.2. The molecule has 5 nitrogen and oxygen atoms in total. The lowest BCUT2D eigenvalue weighted by Gasteiger charge is -2.08. The summed E-state index contributed by atoms with van der Waals surface area (Å²) in [4.78, 5) is 13.1. The zero-order valence-corrected chi connectivity index (χ0v) is 10.1. The van der Waals surface area contributed by atoms with Crippen LogP contribution < -0.4 is 19.7 Å². The van der Waals surface area contributed by atoms with Gasteiger partial charge in [0, 0.05) is 5.56 Å². The molecule has 2 rings (SSSR count). The van der Waals surface area contributed by atoms with Gasteiger partial charge in [0.05, 0.1) is 27.2 Å². The van der Waals surface area contributed by atoms with Crippen LogP contribution in [-0.4, -0.2) is 39.9 Å². The van der Waals surface area contributed by atoms with E-state index >= 15 is 0 Å². The van der Waals surface area contributed by atoms with Gasteiger partial charge in [-0.2, -0.15) is 0 Å². The summed E-state index contributed by atoms with van der Waals surface area (Å²) in [7, 11) is 4.10. The number of carbonyl (C=O) groups excluding carboxylic acids is 1. The van der Waals surface area contributed by atoms with E-state index in [0.29, 0.717) is 23.6 Å². The van der Waals surface area contributed by atoms with Gasteiger partial charge < -0.3 is 19.7 Å². The molecule has 1 heterocycles. The Bertz CT molecular complexity index is 418. The molecule has 1 aliphatic heterocycles. The van der Waals surface area contributed by atoms with Crippen LogP contribution in [0.5, 0.6) is 11.5 Å². The molecule has 0 saturated heterocycles. The summed E-state index contributed by atoms with van der Waals surface area (Å²) in [6.07, 6.45) is 0. The highest BCUT2D eigenvalue weighted by atomic mass is 16.7. The molecule has 0 fully saturated rings. The van der Waals surface area contributed by atoms with Gasteiger partial charge in [-0.15, -0.1) is 0 Å². The number of carbonyl (C=O) groups is 1. The summed E-state index contributed by atoms with van der Waals surface area (Å²) < 4.78 is 10.4. The number of hydrogen-bond donors (Lipinski definition) is 2. The highest BCUT2D eigenvalue weighted by Crippen LogP contribution is 2.32. The molecule has 92 valence electrons. The Morgan fingerprint density at radius 3 is 2.88 bits per heavy atom. The first-order chi connectivity index (χ1) is 8.16. The van der Waals surface area contributed by atoms with Gasteiger partial charge >= 0.3 is 0 Å². The van der Waals surface area contributed by atoms with Gasteiger partial charge in [0.2, 0.25) is 6.79 Å². The number of fused-ring (bicyclic) bond motifs is 1. The Balaban J connectivity index is 1.95. The number of ether oxygens (including phenoxy) is 2. The monoisotopic (exact) mass is 237 g/mol. The third kappa shape index (κ3) is 2.88. The third-order valence-electron chi connectivity index (χ3n) is 2.55. The first kappa shape index (κ1) is 11.7. The highest BCUT2D eigenvalue weighted by Gasteiger charge is 2.15. The molecular weight excluding hydrogens is 220 g/mol. The van der Waals surface area contributed by atoms with Gasteiger partial charge in [-0.1, -0.05) is 0 Å². The van der Waals surface area contributed by atoms with Crippen LogP contribution in [0.2, 0.25) is 0 Å². The summed E-state index contributed by atoms with van der Waals surface area (Å²) >= 11 is 0. The maximum atomic E-state index is 11.8. The molecule has 0 aromatic heterocycles. The average Bonchev–Trinajstić information content (AvgIpc) is 2.75. The molecule has 0 radical (unpaired) electrons. The smallest absolute Gasteiger partial charge is 0.251 e. The van der Waals surface area contributed by atoms with E-state index in [4.69, 9.17) is 9.47 Å². The first-order valence-electron chi connectivity index (χ1n) is 5.63. The van der Waals surface area contributed by atoms with Crippen molar-refractivity contribution in [1.82, 2.24) is 5.32 Å². The Kier molecular flexibility index (Phi) is 3.49. The fraction of sp³-hybridized carbons (Fsp3) is 0.417. The molecule has 1 aromatic rings. The van der Waals surface area contributed by atoms with Gasteiger partial charge in [0.25, 0.3) is 5.91 Å². The minimum atomic E-state index is -0.0791. The SMILES string of the molecule is C[NH+](C)CCNC(=O)c1ccc2c(c1)OCO2. The fourth-order valence-electron chi connectivity index (χ4n) is 1.57. The van der Waals surface area contributed by atoms with Crippen LogP contribution in [0.4, 0.5) is 0 Å². The molecule has 1 aromatic carbocycles.